The smallest absolute Gasteiger partial charge is 0.258 e. The molecule has 0 radical (unpaired) electrons. The molecule has 0 unspecified atom stereocenters. The number of nitrogens with one attached hydrogen (secondary N) is 2. The lowest BCUT2D eigenvalue weighted by Gasteiger charge is -2.08. The number of carbonyl (C=O) groups excluding carboxylic acids is 1. The average Bonchev–Trinajstić information content (AvgIpc) is 2.88. The first-order chi connectivity index (χ1) is 9.15. The summed E-state index contributed by atoms with van der Waals surface area (Å²) in [5.41, 5.74) is 0. The molecule has 1 aromatic carbocycles. The van der Waals surface area contributed by atoms with Gasteiger partial charge in [0.05, 0.1) is 11.0 Å². The summed E-state index contributed by atoms with van der Waals surface area (Å²) in [4.78, 5) is 18.5. The molecule has 0 saturated heterocycles. The zero-order chi connectivity index (χ0) is 13.7. The Kier molecular flexibility index (Phi) is 4.81. The third-order valence-corrected chi connectivity index (χ3v) is 3.12. The minimum atomic E-state index is -0.224. The van der Waals surface area contributed by atoms with Gasteiger partial charge in [-0.2, -0.15) is 0 Å². The molecule has 0 atom stereocenters. The molecule has 1 aromatic heterocycles. The Bertz CT molecular complexity index is 560. The molecule has 0 aliphatic heterocycles. The highest BCUT2D eigenvalue weighted by atomic mass is 79.9. The van der Waals surface area contributed by atoms with Gasteiger partial charge < -0.3 is 15.0 Å². The second-order valence-electron chi connectivity index (χ2n) is 3.68. The van der Waals surface area contributed by atoms with Crippen LogP contribution in [0.5, 0.6) is 5.75 Å². The van der Waals surface area contributed by atoms with Crippen molar-refractivity contribution in [3.8, 4) is 5.75 Å². The molecule has 1 amide bonds. The van der Waals surface area contributed by atoms with Crippen LogP contribution in [-0.2, 0) is 11.3 Å². The number of carbonyl (C=O) groups is 1. The standard InChI is InChI=1S/C12H11BrClN3O2/c13-9-5-8(14)1-2-10(9)19-7-12(18)17-6-11-15-3-4-16-11/h1-5H,6-7H2,(H,15,16)(H,17,18). The van der Waals surface area contributed by atoms with Crippen molar-refractivity contribution >= 4 is 33.4 Å². The van der Waals surface area contributed by atoms with E-state index in [4.69, 9.17) is 16.3 Å². The topological polar surface area (TPSA) is 67.0 Å². The molecule has 2 aromatic rings. The fourth-order valence-electron chi connectivity index (χ4n) is 1.36. The Morgan fingerprint density at radius 1 is 1.53 bits per heavy atom. The monoisotopic (exact) mass is 343 g/mol. The van der Waals surface area contributed by atoms with Gasteiger partial charge in [-0.1, -0.05) is 11.6 Å². The third kappa shape index (κ3) is 4.25. The first kappa shape index (κ1) is 13.9. The number of aromatic nitrogens is 2. The maximum Gasteiger partial charge on any atom is 0.258 e. The fraction of sp³-hybridized carbons (Fsp3) is 0.167. The summed E-state index contributed by atoms with van der Waals surface area (Å²) < 4.78 is 6.08. The molecule has 2 rings (SSSR count). The molecule has 2 N–H and O–H groups in total. The average molecular weight is 345 g/mol. The Labute approximate surface area is 123 Å². The van der Waals surface area contributed by atoms with E-state index in [1.165, 1.54) is 0 Å². The van der Waals surface area contributed by atoms with E-state index in [1.807, 2.05) is 0 Å². The lowest BCUT2D eigenvalue weighted by atomic mass is 10.3. The third-order valence-electron chi connectivity index (χ3n) is 2.26. The molecule has 0 spiro atoms. The predicted octanol–water partition coefficient (Wildman–Crippen LogP) is 2.52. The molecule has 0 fully saturated rings. The van der Waals surface area contributed by atoms with Crippen molar-refractivity contribution in [1.82, 2.24) is 15.3 Å². The lowest BCUT2D eigenvalue weighted by molar-refractivity contribution is -0.123. The van der Waals surface area contributed by atoms with Crippen LogP contribution in [0.1, 0.15) is 5.82 Å². The van der Waals surface area contributed by atoms with E-state index in [0.717, 1.165) is 0 Å². The molecule has 19 heavy (non-hydrogen) atoms. The molecule has 0 saturated carbocycles. The summed E-state index contributed by atoms with van der Waals surface area (Å²) in [6.07, 6.45) is 3.33. The SMILES string of the molecule is O=C(COc1ccc(Cl)cc1Br)NCc1ncc[nH]1. The van der Waals surface area contributed by atoms with Gasteiger partial charge in [0.15, 0.2) is 6.61 Å². The first-order valence-corrected chi connectivity index (χ1v) is 6.65. The molecule has 7 heteroatoms. The first-order valence-electron chi connectivity index (χ1n) is 5.48. The van der Waals surface area contributed by atoms with Crippen molar-refractivity contribution in [3.05, 3.63) is 45.9 Å². The van der Waals surface area contributed by atoms with E-state index in [9.17, 15) is 4.79 Å². The number of H-pyrrole nitrogens is 1. The van der Waals surface area contributed by atoms with E-state index < -0.39 is 0 Å². The minimum Gasteiger partial charge on any atom is -0.483 e. The van der Waals surface area contributed by atoms with Crippen molar-refractivity contribution in [2.24, 2.45) is 0 Å². The Morgan fingerprint density at radius 3 is 3.05 bits per heavy atom. The highest BCUT2D eigenvalue weighted by Gasteiger charge is 2.06. The Morgan fingerprint density at radius 2 is 2.37 bits per heavy atom. The van der Waals surface area contributed by atoms with Gasteiger partial charge in [-0.15, -0.1) is 0 Å². The van der Waals surface area contributed by atoms with Gasteiger partial charge in [-0.3, -0.25) is 4.79 Å². The number of nitrogens with zero attached hydrogens (tertiary/aromatic N) is 1. The molecule has 0 aliphatic rings. The number of benzene rings is 1. The Hall–Kier alpha value is -1.53. The van der Waals surface area contributed by atoms with Crippen LogP contribution in [0.4, 0.5) is 0 Å². The number of rotatable bonds is 5. The zero-order valence-corrected chi connectivity index (χ0v) is 12.2. The van der Waals surface area contributed by atoms with Crippen LogP contribution in [0.2, 0.25) is 5.02 Å². The molecular formula is C12H11BrClN3O2. The van der Waals surface area contributed by atoms with Crippen molar-refractivity contribution in [2.75, 3.05) is 6.61 Å². The van der Waals surface area contributed by atoms with Crippen LogP contribution in [-0.4, -0.2) is 22.5 Å². The number of hydrogen-bond donors (Lipinski definition) is 2. The molecule has 1 heterocycles. The van der Waals surface area contributed by atoms with Crippen LogP contribution in [0.15, 0.2) is 35.1 Å². The van der Waals surface area contributed by atoms with Gasteiger partial charge in [0.1, 0.15) is 11.6 Å². The van der Waals surface area contributed by atoms with Crippen LogP contribution < -0.4 is 10.1 Å². The predicted molar refractivity (Wildman–Crippen MR) is 75.1 cm³/mol. The number of amides is 1. The number of halogens is 2. The number of aromatic amines is 1. The summed E-state index contributed by atoms with van der Waals surface area (Å²) in [6.45, 7) is 0.276. The highest BCUT2D eigenvalue weighted by molar-refractivity contribution is 9.10. The normalized spacial score (nSPS) is 10.2. The molecular weight excluding hydrogens is 334 g/mol. The zero-order valence-electron chi connectivity index (χ0n) is 9.82. The van der Waals surface area contributed by atoms with Crippen molar-refractivity contribution in [1.29, 1.82) is 0 Å². The molecule has 0 bridgehead atoms. The fourth-order valence-corrected chi connectivity index (χ4v) is 2.16. The van der Waals surface area contributed by atoms with Gasteiger partial charge in [0.25, 0.3) is 5.91 Å². The highest BCUT2D eigenvalue weighted by Crippen LogP contribution is 2.27. The summed E-state index contributed by atoms with van der Waals surface area (Å²) in [5, 5.41) is 3.29. The summed E-state index contributed by atoms with van der Waals surface area (Å²) in [7, 11) is 0. The summed E-state index contributed by atoms with van der Waals surface area (Å²) in [5.74, 6) is 1.04. The second kappa shape index (κ2) is 6.58. The molecule has 5 nitrogen and oxygen atoms in total. The summed E-state index contributed by atoms with van der Waals surface area (Å²) >= 11 is 9.12. The largest absolute Gasteiger partial charge is 0.483 e. The Balaban J connectivity index is 1.80. The van der Waals surface area contributed by atoms with E-state index in [0.29, 0.717) is 27.6 Å². The van der Waals surface area contributed by atoms with Crippen LogP contribution in [0, 0.1) is 0 Å². The quantitative estimate of drug-likeness (QED) is 0.876. The number of ether oxygens (including phenoxy) is 1. The minimum absolute atomic E-state index is 0.0685. The van der Waals surface area contributed by atoms with Crippen molar-refractivity contribution in [2.45, 2.75) is 6.54 Å². The molecule has 100 valence electrons. The second-order valence-corrected chi connectivity index (χ2v) is 4.97. The van der Waals surface area contributed by atoms with Gasteiger partial charge in [0, 0.05) is 17.4 Å². The maximum absolute atomic E-state index is 11.6. The van der Waals surface area contributed by atoms with Gasteiger partial charge in [-0.25, -0.2) is 4.98 Å². The lowest BCUT2D eigenvalue weighted by Crippen LogP contribution is -2.28. The molecule has 0 aliphatic carbocycles. The van der Waals surface area contributed by atoms with Crippen molar-refractivity contribution in [3.63, 3.8) is 0 Å². The number of hydrogen-bond acceptors (Lipinski definition) is 3. The van der Waals surface area contributed by atoms with Crippen LogP contribution in [0.25, 0.3) is 0 Å². The van der Waals surface area contributed by atoms with E-state index in [-0.39, 0.29) is 12.5 Å². The van der Waals surface area contributed by atoms with Crippen molar-refractivity contribution < 1.29 is 9.53 Å². The maximum atomic E-state index is 11.6. The van der Waals surface area contributed by atoms with E-state index in [2.05, 4.69) is 31.2 Å². The summed E-state index contributed by atoms with van der Waals surface area (Å²) in [6, 6.07) is 5.10. The number of imidazole rings is 1. The van der Waals surface area contributed by atoms with Gasteiger partial charge in [0.2, 0.25) is 0 Å². The van der Waals surface area contributed by atoms with E-state index in [1.54, 1.807) is 30.6 Å². The van der Waals surface area contributed by atoms with Gasteiger partial charge >= 0.3 is 0 Å². The van der Waals surface area contributed by atoms with Crippen LogP contribution >= 0.6 is 27.5 Å². The van der Waals surface area contributed by atoms with E-state index >= 15 is 0 Å². The van der Waals surface area contributed by atoms with Crippen LogP contribution in [0.3, 0.4) is 0 Å². The van der Waals surface area contributed by atoms with Gasteiger partial charge in [-0.05, 0) is 34.1 Å².